The van der Waals surface area contributed by atoms with Crippen LogP contribution in [0.5, 0.6) is 11.5 Å². The molecular formula is C13H14F2O3. The highest BCUT2D eigenvalue weighted by Gasteiger charge is 2.45. The van der Waals surface area contributed by atoms with Crippen molar-refractivity contribution in [3.63, 3.8) is 0 Å². The van der Waals surface area contributed by atoms with Crippen LogP contribution < -0.4 is 9.47 Å². The lowest BCUT2D eigenvalue weighted by molar-refractivity contribution is 0.124. The van der Waals surface area contributed by atoms with Crippen LogP contribution in [-0.4, -0.2) is 18.3 Å². The summed E-state index contributed by atoms with van der Waals surface area (Å²) in [6.45, 7) is 0.957. The highest BCUT2D eigenvalue weighted by molar-refractivity contribution is 5.51. The minimum Gasteiger partial charge on any atom is -0.490 e. The molecule has 5 heteroatoms. The number of hydrogen-bond donors (Lipinski definition) is 1. The lowest BCUT2D eigenvalue weighted by atomic mass is 10.00. The molecular weight excluding hydrogens is 242 g/mol. The Labute approximate surface area is 103 Å². The predicted molar refractivity (Wildman–Crippen MR) is 60.1 cm³/mol. The van der Waals surface area contributed by atoms with Crippen LogP contribution in [0.1, 0.15) is 36.8 Å². The van der Waals surface area contributed by atoms with Crippen LogP contribution in [-0.2, 0) is 5.60 Å². The summed E-state index contributed by atoms with van der Waals surface area (Å²) in [6, 6.07) is 2.81. The van der Waals surface area contributed by atoms with Gasteiger partial charge in [0.15, 0.2) is 11.5 Å². The van der Waals surface area contributed by atoms with Gasteiger partial charge in [-0.15, -0.1) is 0 Å². The van der Waals surface area contributed by atoms with E-state index in [0.717, 1.165) is 6.42 Å². The van der Waals surface area contributed by atoms with E-state index < -0.39 is 12.0 Å². The molecule has 1 saturated carbocycles. The summed E-state index contributed by atoms with van der Waals surface area (Å²) in [6.07, 6.45) is -0.862. The van der Waals surface area contributed by atoms with Gasteiger partial charge in [-0.05, 0) is 30.5 Å². The van der Waals surface area contributed by atoms with Gasteiger partial charge < -0.3 is 14.6 Å². The van der Waals surface area contributed by atoms with E-state index in [1.165, 1.54) is 12.1 Å². The second-order valence-electron chi connectivity index (χ2n) is 4.77. The molecule has 3 nitrogen and oxygen atoms in total. The summed E-state index contributed by atoms with van der Waals surface area (Å²) in [5.74, 6) is 0.794. The van der Waals surface area contributed by atoms with Crippen molar-refractivity contribution in [2.75, 3.05) is 13.2 Å². The molecule has 0 amide bonds. The highest BCUT2D eigenvalue weighted by atomic mass is 19.3. The zero-order valence-electron chi connectivity index (χ0n) is 9.79. The summed E-state index contributed by atoms with van der Waals surface area (Å²) < 4.78 is 37.0. The van der Waals surface area contributed by atoms with Crippen molar-refractivity contribution in [3.05, 3.63) is 23.3 Å². The first-order valence-electron chi connectivity index (χ1n) is 6.05. The Kier molecular flexibility index (Phi) is 2.66. The van der Waals surface area contributed by atoms with Gasteiger partial charge in [0, 0.05) is 12.0 Å². The van der Waals surface area contributed by atoms with E-state index in [4.69, 9.17) is 9.47 Å². The van der Waals surface area contributed by atoms with Gasteiger partial charge in [-0.1, -0.05) is 0 Å². The maximum Gasteiger partial charge on any atom is 0.264 e. The molecule has 2 aliphatic rings. The first kappa shape index (κ1) is 11.7. The smallest absolute Gasteiger partial charge is 0.264 e. The van der Waals surface area contributed by atoms with Crippen molar-refractivity contribution in [2.24, 2.45) is 0 Å². The molecule has 1 fully saturated rings. The number of alkyl halides is 2. The molecule has 1 aliphatic carbocycles. The van der Waals surface area contributed by atoms with Gasteiger partial charge in [0.1, 0.15) is 0 Å². The standard InChI is InChI=1S/C13H14F2O3/c14-12(15)8-6-10-11(18-5-1-4-17-10)7-9(8)13(16)2-3-13/h6-7,12,16H,1-5H2. The van der Waals surface area contributed by atoms with Crippen LogP contribution >= 0.6 is 0 Å². The summed E-state index contributed by atoms with van der Waals surface area (Å²) in [5, 5.41) is 10.1. The second-order valence-corrected chi connectivity index (χ2v) is 4.77. The van der Waals surface area contributed by atoms with Crippen molar-refractivity contribution in [2.45, 2.75) is 31.3 Å². The van der Waals surface area contributed by atoms with Gasteiger partial charge in [0.25, 0.3) is 6.43 Å². The topological polar surface area (TPSA) is 38.7 Å². The zero-order valence-corrected chi connectivity index (χ0v) is 9.79. The Balaban J connectivity index is 2.09. The molecule has 0 atom stereocenters. The Bertz CT molecular complexity index is 470. The molecule has 3 rings (SSSR count). The van der Waals surface area contributed by atoms with Crippen LogP contribution in [0.25, 0.3) is 0 Å². The SMILES string of the molecule is OC1(c2cc3c(cc2C(F)F)OCCCO3)CC1. The van der Waals surface area contributed by atoms with Crippen molar-refractivity contribution >= 4 is 0 Å². The minimum absolute atomic E-state index is 0.153. The number of benzene rings is 1. The fourth-order valence-corrected chi connectivity index (χ4v) is 2.20. The molecule has 1 aromatic carbocycles. The lowest BCUT2D eigenvalue weighted by Crippen LogP contribution is -2.10. The fourth-order valence-electron chi connectivity index (χ4n) is 2.20. The third-order valence-electron chi connectivity index (χ3n) is 3.38. The molecule has 0 unspecified atom stereocenters. The van der Waals surface area contributed by atoms with E-state index in [1.807, 2.05) is 0 Å². The quantitative estimate of drug-likeness (QED) is 0.884. The van der Waals surface area contributed by atoms with Crippen LogP contribution in [0.4, 0.5) is 8.78 Å². The monoisotopic (exact) mass is 256 g/mol. The first-order chi connectivity index (χ1) is 8.60. The molecule has 0 saturated heterocycles. The number of aliphatic hydroxyl groups is 1. The van der Waals surface area contributed by atoms with E-state index in [-0.39, 0.29) is 11.1 Å². The number of halogens is 2. The summed E-state index contributed by atoms with van der Waals surface area (Å²) in [5.41, 5.74) is -0.975. The Morgan fingerprint density at radius 3 is 2.28 bits per heavy atom. The van der Waals surface area contributed by atoms with Crippen molar-refractivity contribution < 1.29 is 23.4 Å². The summed E-state index contributed by atoms with van der Waals surface area (Å²) in [7, 11) is 0. The molecule has 0 aromatic heterocycles. The van der Waals surface area contributed by atoms with E-state index >= 15 is 0 Å². The number of ether oxygens (including phenoxy) is 2. The summed E-state index contributed by atoms with van der Waals surface area (Å²) in [4.78, 5) is 0. The predicted octanol–water partition coefficient (Wildman–Crippen LogP) is 2.77. The van der Waals surface area contributed by atoms with E-state index in [0.29, 0.717) is 37.6 Å². The summed E-state index contributed by atoms with van der Waals surface area (Å²) >= 11 is 0. The van der Waals surface area contributed by atoms with Crippen LogP contribution in [0, 0.1) is 0 Å². The maximum atomic E-state index is 13.0. The third-order valence-corrected chi connectivity index (χ3v) is 3.38. The molecule has 0 spiro atoms. The number of hydrogen-bond acceptors (Lipinski definition) is 3. The normalized spacial score (nSPS) is 20.7. The van der Waals surface area contributed by atoms with Crippen molar-refractivity contribution in [3.8, 4) is 11.5 Å². The Hall–Kier alpha value is -1.36. The van der Waals surface area contributed by atoms with Crippen molar-refractivity contribution in [1.82, 2.24) is 0 Å². The zero-order chi connectivity index (χ0) is 12.8. The first-order valence-corrected chi connectivity index (χ1v) is 6.05. The van der Waals surface area contributed by atoms with Gasteiger partial charge in [0.2, 0.25) is 0 Å². The average Bonchev–Trinajstić information content (AvgIpc) is 3.11. The largest absolute Gasteiger partial charge is 0.490 e. The van der Waals surface area contributed by atoms with Gasteiger partial charge in [-0.2, -0.15) is 0 Å². The Morgan fingerprint density at radius 1 is 1.11 bits per heavy atom. The highest BCUT2D eigenvalue weighted by Crippen LogP contribution is 2.51. The van der Waals surface area contributed by atoms with Gasteiger partial charge in [0.05, 0.1) is 18.8 Å². The number of rotatable bonds is 2. The van der Waals surface area contributed by atoms with Crippen LogP contribution in [0.3, 0.4) is 0 Å². The molecule has 1 N–H and O–H groups in total. The average molecular weight is 256 g/mol. The molecule has 18 heavy (non-hydrogen) atoms. The van der Waals surface area contributed by atoms with E-state index in [1.54, 1.807) is 0 Å². The minimum atomic E-state index is -2.62. The van der Waals surface area contributed by atoms with Crippen LogP contribution in [0.15, 0.2) is 12.1 Å². The third kappa shape index (κ3) is 1.92. The molecule has 1 heterocycles. The molecule has 1 aromatic rings. The van der Waals surface area contributed by atoms with Gasteiger partial charge in [-0.3, -0.25) is 0 Å². The van der Waals surface area contributed by atoms with Gasteiger partial charge in [-0.25, -0.2) is 8.78 Å². The van der Waals surface area contributed by atoms with Gasteiger partial charge >= 0.3 is 0 Å². The van der Waals surface area contributed by atoms with E-state index in [9.17, 15) is 13.9 Å². The lowest BCUT2D eigenvalue weighted by Gasteiger charge is -2.17. The maximum absolute atomic E-state index is 13.0. The van der Waals surface area contributed by atoms with E-state index in [2.05, 4.69) is 0 Å². The Morgan fingerprint density at radius 2 is 1.72 bits per heavy atom. The number of fused-ring (bicyclic) bond motifs is 1. The molecule has 0 bridgehead atoms. The fraction of sp³-hybridized carbons (Fsp3) is 0.538. The second kappa shape index (κ2) is 4.09. The van der Waals surface area contributed by atoms with Crippen LogP contribution in [0.2, 0.25) is 0 Å². The molecule has 1 aliphatic heterocycles. The molecule has 98 valence electrons. The molecule has 0 radical (unpaired) electrons. The van der Waals surface area contributed by atoms with Crippen molar-refractivity contribution in [1.29, 1.82) is 0 Å².